The molecule has 2 atom stereocenters. The van der Waals surface area contributed by atoms with Crippen molar-refractivity contribution < 1.29 is 0 Å². The highest BCUT2D eigenvalue weighted by atomic mass is 32.2. The molecule has 1 N–H and O–H groups in total. The van der Waals surface area contributed by atoms with Crippen LogP contribution < -0.4 is 5.32 Å². The van der Waals surface area contributed by atoms with Crippen molar-refractivity contribution in [3.63, 3.8) is 0 Å². The first-order valence-electron chi connectivity index (χ1n) is 7.45. The van der Waals surface area contributed by atoms with Gasteiger partial charge in [-0.1, -0.05) is 19.8 Å². The van der Waals surface area contributed by atoms with E-state index in [1.54, 1.807) is 0 Å². The smallest absolute Gasteiger partial charge is 0.0966 e. The molecule has 0 radical (unpaired) electrons. The molecule has 0 aliphatic heterocycles. The number of aryl methyl sites for hydroxylation is 2. The summed E-state index contributed by atoms with van der Waals surface area (Å²) in [4.78, 5) is 4.57. The third kappa shape index (κ3) is 5.15. The predicted octanol–water partition coefficient (Wildman–Crippen LogP) is 3.96. The predicted molar refractivity (Wildman–Crippen MR) is 83.9 cm³/mol. The second kappa shape index (κ2) is 7.30. The molecule has 1 aliphatic rings. The zero-order chi connectivity index (χ0) is 13.7. The van der Waals surface area contributed by atoms with E-state index in [0.717, 1.165) is 35.0 Å². The lowest BCUT2D eigenvalue weighted by Crippen LogP contribution is -2.34. The summed E-state index contributed by atoms with van der Waals surface area (Å²) in [7, 11) is 0. The molecule has 106 valence electrons. The summed E-state index contributed by atoms with van der Waals surface area (Å²) in [5, 5.41) is 4.87. The van der Waals surface area contributed by atoms with Gasteiger partial charge in [0.05, 0.1) is 5.03 Å². The van der Waals surface area contributed by atoms with Crippen LogP contribution in [0.2, 0.25) is 0 Å². The average molecular weight is 278 g/mol. The summed E-state index contributed by atoms with van der Waals surface area (Å²) in [5.41, 5.74) is 2.43. The van der Waals surface area contributed by atoms with Crippen LogP contribution in [0.25, 0.3) is 0 Å². The summed E-state index contributed by atoms with van der Waals surface area (Å²) in [6, 6.07) is 5.06. The zero-order valence-corrected chi connectivity index (χ0v) is 13.2. The Kier molecular flexibility index (Phi) is 5.71. The van der Waals surface area contributed by atoms with Gasteiger partial charge in [0.15, 0.2) is 0 Å². The topological polar surface area (TPSA) is 24.9 Å². The Bertz CT molecular complexity index is 385. The normalized spacial score (nSPS) is 23.5. The highest BCUT2D eigenvalue weighted by molar-refractivity contribution is 7.99. The zero-order valence-electron chi connectivity index (χ0n) is 12.4. The first kappa shape index (κ1) is 14.9. The van der Waals surface area contributed by atoms with Crippen LogP contribution in [0.15, 0.2) is 17.2 Å². The Balaban J connectivity index is 1.68. The minimum Gasteiger partial charge on any atom is -0.313 e. The minimum atomic E-state index is 0.747. The molecule has 1 saturated carbocycles. The minimum absolute atomic E-state index is 0.747. The first-order chi connectivity index (χ1) is 9.13. The second-order valence-electron chi connectivity index (χ2n) is 5.90. The van der Waals surface area contributed by atoms with Gasteiger partial charge < -0.3 is 5.32 Å². The van der Waals surface area contributed by atoms with Crippen molar-refractivity contribution in [2.24, 2.45) is 5.92 Å². The lowest BCUT2D eigenvalue weighted by Gasteiger charge is -2.27. The van der Waals surface area contributed by atoms with Crippen LogP contribution in [0.3, 0.4) is 0 Å². The van der Waals surface area contributed by atoms with Gasteiger partial charge in [0.25, 0.3) is 0 Å². The van der Waals surface area contributed by atoms with Crippen LogP contribution in [0.5, 0.6) is 0 Å². The lowest BCUT2D eigenvalue weighted by molar-refractivity contribution is 0.306. The van der Waals surface area contributed by atoms with Crippen LogP contribution in [-0.2, 0) is 0 Å². The largest absolute Gasteiger partial charge is 0.313 e. The van der Waals surface area contributed by atoms with Crippen LogP contribution in [0.1, 0.15) is 43.9 Å². The molecule has 1 aliphatic carbocycles. The van der Waals surface area contributed by atoms with Gasteiger partial charge in [0, 0.05) is 24.0 Å². The summed E-state index contributed by atoms with van der Waals surface area (Å²) < 4.78 is 0. The maximum atomic E-state index is 4.57. The molecule has 1 aromatic rings. The number of aromatic nitrogens is 1. The van der Waals surface area contributed by atoms with Crippen LogP contribution in [0, 0.1) is 19.8 Å². The van der Waals surface area contributed by atoms with E-state index >= 15 is 0 Å². The van der Waals surface area contributed by atoms with E-state index in [0.29, 0.717) is 0 Å². The van der Waals surface area contributed by atoms with Crippen molar-refractivity contribution >= 4 is 11.8 Å². The molecule has 0 bridgehead atoms. The fourth-order valence-corrected chi connectivity index (χ4v) is 3.82. The lowest BCUT2D eigenvalue weighted by atomic mass is 9.87. The Hall–Kier alpha value is -0.540. The van der Waals surface area contributed by atoms with Gasteiger partial charge in [-0.3, -0.25) is 0 Å². The van der Waals surface area contributed by atoms with Gasteiger partial charge in [0.2, 0.25) is 0 Å². The second-order valence-corrected chi connectivity index (χ2v) is 7.01. The van der Waals surface area contributed by atoms with Crippen LogP contribution >= 0.6 is 11.8 Å². The highest BCUT2D eigenvalue weighted by Crippen LogP contribution is 2.23. The van der Waals surface area contributed by atoms with Gasteiger partial charge in [-0.05, 0) is 50.3 Å². The summed E-state index contributed by atoms with van der Waals surface area (Å²) >= 11 is 1.86. The molecule has 1 fully saturated rings. The van der Waals surface area contributed by atoms with E-state index in [-0.39, 0.29) is 0 Å². The third-order valence-electron chi connectivity index (χ3n) is 3.80. The van der Waals surface area contributed by atoms with E-state index < -0.39 is 0 Å². The molecule has 1 heterocycles. The van der Waals surface area contributed by atoms with Crippen molar-refractivity contribution in [2.75, 3.05) is 12.3 Å². The molecule has 2 unspecified atom stereocenters. The Morgan fingerprint density at radius 3 is 2.89 bits per heavy atom. The highest BCUT2D eigenvalue weighted by Gasteiger charge is 2.17. The third-order valence-corrected chi connectivity index (χ3v) is 4.71. The number of nitrogens with zero attached hydrogens (tertiary/aromatic N) is 1. The fourth-order valence-electron chi connectivity index (χ4n) is 2.92. The van der Waals surface area contributed by atoms with Gasteiger partial charge in [-0.15, -0.1) is 11.8 Å². The molecule has 0 amide bonds. The van der Waals surface area contributed by atoms with E-state index in [4.69, 9.17) is 0 Å². The number of hydrogen-bond donors (Lipinski definition) is 1. The Morgan fingerprint density at radius 1 is 1.32 bits per heavy atom. The molecule has 0 saturated heterocycles. The molecule has 1 aromatic heterocycles. The molecule has 2 nitrogen and oxygen atoms in total. The van der Waals surface area contributed by atoms with Crippen LogP contribution in [-0.4, -0.2) is 23.3 Å². The van der Waals surface area contributed by atoms with Crippen molar-refractivity contribution in [2.45, 2.75) is 57.5 Å². The summed E-state index contributed by atoms with van der Waals surface area (Å²) in [6.45, 7) is 7.68. The number of hydrogen-bond acceptors (Lipinski definition) is 3. The van der Waals surface area contributed by atoms with Crippen molar-refractivity contribution in [3.05, 3.63) is 23.4 Å². The summed E-state index contributed by atoms with van der Waals surface area (Å²) in [5.74, 6) is 2.01. The van der Waals surface area contributed by atoms with Gasteiger partial charge >= 0.3 is 0 Å². The molecular formula is C16H26N2S. The Morgan fingerprint density at radius 2 is 2.16 bits per heavy atom. The molecule has 0 aromatic carbocycles. The van der Waals surface area contributed by atoms with Crippen molar-refractivity contribution in [1.29, 1.82) is 0 Å². The molecule has 19 heavy (non-hydrogen) atoms. The van der Waals surface area contributed by atoms with Gasteiger partial charge in [-0.2, -0.15) is 0 Å². The quantitative estimate of drug-likeness (QED) is 0.652. The van der Waals surface area contributed by atoms with Crippen molar-refractivity contribution in [1.82, 2.24) is 10.3 Å². The fraction of sp³-hybridized carbons (Fsp3) is 0.688. The monoisotopic (exact) mass is 278 g/mol. The first-order valence-corrected chi connectivity index (χ1v) is 8.43. The van der Waals surface area contributed by atoms with E-state index in [2.05, 4.69) is 43.2 Å². The van der Waals surface area contributed by atoms with E-state index in [1.807, 2.05) is 11.8 Å². The maximum Gasteiger partial charge on any atom is 0.0966 e. The average Bonchev–Trinajstić information content (AvgIpc) is 2.34. The standard InChI is InChI=1S/C16H26N2S/c1-12-5-4-6-15(10-12)17-7-8-19-16-11-13(2)9-14(3)18-16/h9,11-12,15,17H,4-8,10H2,1-3H3. The SMILES string of the molecule is Cc1cc(C)nc(SCCNC2CCCC(C)C2)c1. The molecule has 3 heteroatoms. The summed E-state index contributed by atoms with van der Waals surface area (Å²) in [6.07, 6.45) is 5.52. The Labute approximate surface area is 121 Å². The van der Waals surface area contributed by atoms with Crippen LogP contribution in [0.4, 0.5) is 0 Å². The van der Waals surface area contributed by atoms with E-state index in [1.165, 1.54) is 31.2 Å². The van der Waals surface area contributed by atoms with Gasteiger partial charge in [-0.25, -0.2) is 4.98 Å². The molecular weight excluding hydrogens is 252 g/mol. The maximum absolute atomic E-state index is 4.57. The van der Waals surface area contributed by atoms with Crippen molar-refractivity contribution in [3.8, 4) is 0 Å². The van der Waals surface area contributed by atoms with E-state index in [9.17, 15) is 0 Å². The number of nitrogens with one attached hydrogen (secondary N) is 1. The molecule has 0 spiro atoms. The molecule has 2 rings (SSSR count). The number of rotatable bonds is 5. The number of thioether (sulfide) groups is 1. The number of pyridine rings is 1. The van der Waals surface area contributed by atoms with Gasteiger partial charge in [0.1, 0.15) is 0 Å².